The molecular weight excluding hydrogens is 494 g/mol. The second-order valence-electron chi connectivity index (χ2n) is 13.0. The summed E-state index contributed by atoms with van der Waals surface area (Å²) >= 11 is 0. The van der Waals surface area contributed by atoms with E-state index in [-0.39, 0.29) is 10.8 Å². The van der Waals surface area contributed by atoms with Gasteiger partial charge in [0, 0.05) is 27.9 Å². The average Bonchev–Trinajstić information content (AvgIpc) is 3.19. The smallest absolute Gasteiger partial charge is 0.0464 e. The highest BCUT2D eigenvalue weighted by Gasteiger charge is 2.37. The molecule has 41 heavy (non-hydrogen) atoms. The number of aryl methyl sites for hydroxylation is 3. The van der Waals surface area contributed by atoms with Crippen LogP contribution in [0.2, 0.25) is 0 Å². The van der Waals surface area contributed by atoms with Gasteiger partial charge in [-0.2, -0.15) is 0 Å². The first kappa shape index (κ1) is 25.8. The van der Waals surface area contributed by atoms with Crippen LogP contribution in [0.1, 0.15) is 67.0 Å². The molecule has 0 saturated heterocycles. The van der Waals surface area contributed by atoms with E-state index in [0.29, 0.717) is 0 Å². The molecule has 1 heteroatoms. The monoisotopic (exact) mass is 533 g/mol. The largest absolute Gasteiger partial charge is 0.311 e. The van der Waals surface area contributed by atoms with E-state index in [9.17, 15) is 0 Å². The topological polar surface area (TPSA) is 3.24 Å². The highest BCUT2D eigenvalue weighted by Crippen LogP contribution is 2.51. The molecule has 1 unspecified atom stereocenters. The van der Waals surface area contributed by atoms with Crippen LogP contribution in [0, 0.1) is 19.3 Å². The van der Waals surface area contributed by atoms with Crippen LogP contribution in [-0.2, 0) is 11.8 Å². The Morgan fingerprint density at radius 2 is 1.39 bits per heavy atom. The van der Waals surface area contributed by atoms with E-state index >= 15 is 0 Å². The highest BCUT2D eigenvalue weighted by molar-refractivity contribution is 5.85. The molecule has 4 aromatic carbocycles. The molecule has 0 heterocycles. The summed E-state index contributed by atoms with van der Waals surface area (Å²) in [7, 11) is 0. The summed E-state index contributed by atoms with van der Waals surface area (Å²) < 4.78 is 0. The lowest BCUT2D eigenvalue weighted by Gasteiger charge is -2.36. The minimum atomic E-state index is -0.0405. The van der Waals surface area contributed by atoms with Gasteiger partial charge in [0.15, 0.2) is 0 Å². The average molecular weight is 534 g/mol. The lowest BCUT2D eigenvalue weighted by molar-refractivity contribution is 0.569. The lowest BCUT2D eigenvalue weighted by Crippen LogP contribution is -2.24. The fourth-order valence-electron chi connectivity index (χ4n) is 7.30. The zero-order valence-corrected chi connectivity index (χ0v) is 25.0. The van der Waals surface area contributed by atoms with Gasteiger partial charge in [-0.25, -0.2) is 0 Å². The molecule has 4 aromatic rings. The van der Waals surface area contributed by atoms with Gasteiger partial charge in [-0.05, 0) is 108 Å². The summed E-state index contributed by atoms with van der Waals surface area (Å²) in [6, 6.07) is 31.9. The molecule has 0 N–H and O–H groups in total. The molecule has 0 saturated carbocycles. The minimum Gasteiger partial charge on any atom is -0.311 e. The number of benzene rings is 4. The van der Waals surface area contributed by atoms with Crippen LogP contribution in [-0.4, -0.2) is 0 Å². The molecule has 0 aliphatic heterocycles. The van der Waals surface area contributed by atoms with Crippen molar-refractivity contribution in [3.05, 3.63) is 148 Å². The molecule has 0 spiro atoms. The Hall–Kier alpha value is -4.10. The summed E-state index contributed by atoms with van der Waals surface area (Å²) in [5.41, 5.74) is 16.1. The van der Waals surface area contributed by atoms with E-state index in [1.807, 2.05) is 0 Å². The second kappa shape index (κ2) is 9.48. The molecule has 1 atom stereocenters. The van der Waals surface area contributed by atoms with Crippen LogP contribution in [0.4, 0.5) is 11.4 Å². The predicted octanol–water partition coefficient (Wildman–Crippen LogP) is 10.6. The summed E-state index contributed by atoms with van der Waals surface area (Å²) in [4.78, 5) is 2.46. The number of hydrogen-bond acceptors (Lipinski definition) is 1. The third-order valence-electron chi connectivity index (χ3n) is 9.63. The van der Waals surface area contributed by atoms with Crippen LogP contribution in [0.5, 0.6) is 0 Å². The Morgan fingerprint density at radius 3 is 2.17 bits per heavy atom. The summed E-state index contributed by atoms with van der Waals surface area (Å²) in [6.45, 7) is 11.5. The molecule has 0 fully saturated rings. The van der Waals surface area contributed by atoms with E-state index < -0.39 is 0 Å². The van der Waals surface area contributed by atoms with Crippen molar-refractivity contribution in [1.29, 1.82) is 0 Å². The van der Waals surface area contributed by atoms with E-state index in [1.165, 1.54) is 67.2 Å². The van der Waals surface area contributed by atoms with Gasteiger partial charge in [-0.3, -0.25) is 0 Å². The molecule has 0 radical (unpaired) electrons. The van der Waals surface area contributed by atoms with Crippen LogP contribution in [0.15, 0.2) is 115 Å². The van der Waals surface area contributed by atoms with E-state index in [4.69, 9.17) is 0 Å². The van der Waals surface area contributed by atoms with Gasteiger partial charge < -0.3 is 4.90 Å². The Kier molecular flexibility index (Phi) is 5.98. The standard InChI is InChI=1S/C40H39N/c1-27-10-8-13-31(24-27)41(32-17-19-35-34-18-16-28(2)25-37(34)39(3,4)38(35)26-32)30-20-22-40(5,23-21-30)36-15-9-12-29-11-6-7-14-33(29)36/h6-8,10-11,13-22,24-26H,9,12,23H2,1-5H3. The van der Waals surface area contributed by atoms with Crippen molar-refractivity contribution in [3.63, 3.8) is 0 Å². The van der Waals surface area contributed by atoms with Crippen molar-refractivity contribution >= 4 is 16.9 Å². The maximum atomic E-state index is 2.48. The first-order valence-corrected chi connectivity index (χ1v) is 15.1. The second-order valence-corrected chi connectivity index (χ2v) is 13.0. The van der Waals surface area contributed by atoms with Gasteiger partial charge in [-0.15, -0.1) is 0 Å². The molecule has 1 nitrogen and oxygen atoms in total. The summed E-state index contributed by atoms with van der Waals surface area (Å²) in [5, 5.41) is 0. The summed E-state index contributed by atoms with van der Waals surface area (Å²) in [5.74, 6) is 0. The lowest BCUT2D eigenvalue weighted by atomic mass is 9.70. The SMILES string of the molecule is Cc1cccc(N(C2=CCC(C)(C3=CCCc4ccccc43)C=C2)c2ccc3c(c2)C(C)(C)c2cc(C)ccc2-3)c1. The minimum absolute atomic E-state index is 0.0161. The highest BCUT2D eigenvalue weighted by atomic mass is 15.1. The number of hydrogen-bond donors (Lipinski definition) is 0. The van der Waals surface area contributed by atoms with Crippen molar-refractivity contribution in [2.24, 2.45) is 5.41 Å². The van der Waals surface area contributed by atoms with Gasteiger partial charge in [-0.1, -0.05) is 105 Å². The number of anilines is 2. The molecule has 204 valence electrons. The van der Waals surface area contributed by atoms with Crippen molar-refractivity contribution in [1.82, 2.24) is 0 Å². The number of nitrogens with zero attached hydrogens (tertiary/aromatic N) is 1. The third-order valence-corrected chi connectivity index (χ3v) is 9.63. The van der Waals surface area contributed by atoms with Gasteiger partial charge >= 0.3 is 0 Å². The molecule has 0 aromatic heterocycles. The summed E-state index contributed by atoms with van der Waals surface area (Å²) in [6.07, 6.45) is 13.0. The molecule has 0 bridgehead atoms. The zero-order chi connectivity index (χ0) is 28.4. The Morgan fingerprint density at radius 1 is 0.659 bits per heavy atom. The van der Waals surface area contributed by atoms with Gasteiger partial charge in [0.2, 0.25) is 0 Å². The van der Waals surface area contributed by atoms with Crippen molar-refractivity contribution in [2.45, 2.75) is 59.3 Å². The van der Waals surface area contributed by atoms with Crippen LogP contribution in [0.3, 0.4) is 0 Å². The Labute approximate surface area is 245 Å². The van der Waals surface area contributed by atoms with Gasteiger partial charge in [0.1, 0.15) is 0 Å². The third kappa shape index (κ3) is 4.22. The van der Waals surface area contributed by atoms with E-state index in [1.54, 1.807) is 0 Å². The number of fused-ring (bicyclic) bond motifs is 4. The maximum absolute atomic E-state index is 2.48. The van der Waals surface area contributed by atoms with Gasteiger partial charge in [0.25, 0.3) is 0 Å². The molecule has 0 amide bonds. The fraction of sp³-hybridized carbons (Fsp3) is 0.250. The fourth-order valence-corrected chi connectivity index (χ4v) is 7.30. The first-order valence-electron chi connectivity index (χ1n) is 15.1. The number of rotatable bonds is 4. The van der Waals surface area contributed by atoms with E-state index in [0.717, 1.165) is 19.3 Å². The zero-order valence-electron chi connectivity index (χ0n) is 25.0. The molecular formula is C40H39N. The van der Waals surface area contributed by atoms with Crippen LogP contribution in [0.25, 0.3) is 16.7 Å². The quantitative estimate of drug-likeness (QED) is 0.252. The van der Waals surface area contributed by atoms with Crippen molar-refractivity contribution < 1.29 is 0 Å². The maximum Gasteiger partial charge on any atom is 0.0464 e. The van der Waals surface area contributed by atoms with E-state index in [2.05, 4.69) is 149 Å². The molecule has 7 rings (SSSR count). The first-order chi connectivity index (χ1) is 19.7. The Bertz CT molecular complexity index is 1780. The van der Waals surface area contributed by atoms with Crippen LogP contribution >= 0.6 is 0 Å². The predicted molar refractivity (Wildman–Crippen MR) is 175 cm³/mol. The Balaban J connectivity index is 1.30. The van der Waals surface area contributed by atoms with Gasteiger partial charge in [0.05, 0.1) is 0 Å². The molecule has 3 aliphatic carbocycles. The molecule has 3 aliphatic rings. The number of allylic oxidation sites excluding steroid dienone is 5. The van der Waals surface area contributed by atoms with Crippen molar-refractivity contribution in [3.8, 4) is 11.1 Å². The van der Waals surface area contributed by atoms with Crippen LogP contribution < -0.4 is 4.90 Å². The van der Waals surface area contributed by atoms with Crippen molar-refractivity contribution in [2.75, 3.05) is 4.90 Å². The normalized spacial score (nSPS) is 20.0.